The maximum atomic E-state index is 12.4. The summed E-state index contributed by atoms with van der Waals surface area (Å²) in [6.45, 7) is 2.40. The van der Waals surface area contributed by atoms with Crippen molar-refractivity contribution < 1.29 is 4.79 Å². The third-order valence-corrected chi connectivity index (χ3v) is 4.19. The van der Waals surface area contributed by atoms with E-state index in [9.17, 15) is 9.59 Å². The SMILES string of the molecule is Cc1nc2ccccc2n(CCC(=O)NCc2cccc(Cl)c2)c1=O. The molecule has 0 aliphatic carbocycles. The lowest BCUT2D eigenvalue weighted by atomic mass is 10.2. The molecule has 1 amide bonds. The molecule has 0 fully saturated rings. The van der Waals surface area contributed by atoms with Gasteiger partial charge < -0.3 is 9.88 Å². The van der Waals surface area contributed by atoms with Gasteiger partial charge in [0, 0.05) is 24.5 Å². The van der Waals surface area contributed by atoms with E-state index >= 15 is 0 Å². The number of amides is 1. The molecule has 6 heteroatoms. The van der Waals surface area contributed by atoms with E-state index in [-0.39, 0.29) is 17.9 Å². The van der Waals surface area contributed by atoms with Gasteiger partial charge in [-0.3, -0.25) is 9.59 Å². The Balaban J connectivity index is 1.69. The molecule has 0 saturated heterocycles. The molecule has 3 aromatic rings. The van der Waals surface area contributed by atoms with Crippen LogP contribution in [0.3, 0.4) is 0 Å². The first-order valence-electron chi connectivity index (χ1n) is 8.02. The molecule has 0 aliphatic heterocycles. The third kappa shape index (κ3) is 4.06. The molecule has 0 radical (unpaired) electrons. The normalized spacial score (nSPS) is 10.8. The zero-order chi connectivity index (χ0) is 17.8. The van der Waals surface area contributed by atoms with Crippen molar-refractivity contribution in [1.82, 2.24) is 14.9 Å². The van der Waals surface area contributed by atoms with Gasteiger partial charge in [0.1, 0.15) is 5.69 Å². The number of hydrogen-bond acceptors (Lipinski definition) is 3. The van der Waals surface area contributed by atoms with Crippen molar-refractivity contribution in [1.29, 1.82) is 0 Å². The molecule has 0 saturated carbocycles. The van der Waals surface area contributed by atoms with E-state index in [4.69, 9.17) is 11.6 Å². The lowest BCUT2D eigenvalue weighted by Crippen LogP contribution is -2.28. The van der Waals surface area contributed by atoms with Gasteiger partial charge in [-0.2, -0.15) is 0 Å². The Labute approximate surface area is 150 Å². The van der Waals surface area contributed by atoms with Crippen LogP contribution < -0.4 is 10.9 Å². The van der Waals surface area contributed by atoms with Crippen molar-refractivity contribution in [2.75, 3.05) is 0 Å². The smallest absolute Gasteiger partial charge is 0.272 e. The molecule has 5 nitrogen and oxygen atoms in total. The number of aromatic nitrogens is 2. The van der Waals surface area contributed by atoms with Crippen LogP contribution in [-0.2, 0) is 17.9 Å². The summed E-state index contributed by atoms with van der Waals surface area (Å²) in [5.74, 6) is -0.120. The first-order valence-corrected chi connectivity index (χ1v) is 8.40. The summed E-state index contributed by atoms with van der Waals surface area (Å²) >= 11 is 5.93. The van der Waals surface area contributed by atoms with E-state index in [0.717, 1.165) is 16.6 Å². The van der Waals surface area contributed by atoms with Gasteiger partial charge in [-0.1, -0.05) is 35.9 Å². The number of benzene rings is 2. The minimum absolute atomic E-state index is 0.120. The van der Waals surface area contributed by atoms with Gasteiger partial charge in [-0.15, -0.1) is 0 Å². The molecule has 128 valence electrons. The summed E-state index contributed by atoms with van der Waals surface area (Å²) in [6, 6.07) is 14.8. The quantitative estimate of drug-likeness (QED) is 0.765. The summed E-state index contributed by atoms with van der Waals surface area (Å²) in [7, 11) is 0. The number of aryl methyl sites for hydroxylation is 2. The van der Waals surface area contributed by atoms with Gasteiger partial charge in [-0.25, -0.2) is 4.98 Å². The Hall–Kier alpha value is -2.66. The van der Waals surface area contributed by atoms with E-state index < -0.39 is 0 Å². The van der Waals surface area contributed by atoms with Crippen LogP contribution in [0.2, 0.25) is 5.02 Å². The Bertz CT molecular complexity index is 982. The Kier molecular flexibility index (Phi) is 5.14. The average Bonchev–Trinajstić information content (AvgIpc) is 2.60. The van der Waals surface area contributed by atoms with Crippen molar-refractivity contribution >= 4 is 28.5 Å². The highest BCUT2D eigenvalue weighted by atomic mass is 35.5. The number of fused-ring (bicyclic) bond motifs is 1. The maximum absolute atomic E-state index is 12.4. The van der Waals surface area contributed by atoms with E-state index in [1.54, 1.807) is 17.6 Å². The van der Waals surface area contributed by atoms with Crippen LogP contribution in [0.1, 0.15) is 17.7 Å². The predicted molar refractivity (Wildman–Crippen MR) is 98.7 cm³/mol. The highest BCUT2D eigenvalue weighted by molar-refractivity contribution is 6.30. The Morgan fingerprint density at radius 1 is 1.20 bits per heavy atom. The first kappa shape index (κ1) is 17.2. The van der Waals surface area contributed by atoms with E-state index in [0.29, 0.717) is 23.8 Å². The van der Waals surface area contributed by atoms with Crippen molar-refractivity contribution in [2.45, 2.75) is 26.4 Å². The van der Waals surface area contributed by atoms with Gasteiger partial charge in [0.2, 0.25) is 5.91 Å². The standard InChI is InChI=1S/C19H18ClN3O2/c1-13-19(25)23(17-8-3-2-7-16(17)22-13)10-9-18(24)21-12-14-5-4-6-15(20)11-14/h2-8,11H,9-10,12H2,1H3,(H,21,24). The van der Waals surface area contributed by atoms with Crippen LogP contribution in [0.25, 0.3) is 11.0 Å². The number of para-hydroxylation sites is 2. The van der Waals surface area contributed by atoms with Gasteiger partial charge in [0.05, 0.1) is 11.0 Å². The van der Waals surface area contributed by atoms with Gasteiger partial charge >= 0.3 is 0 Å². The lowest BCUT2D eigenvalue weighted by Gasteiger charge is -2.11. The molecule has 0 atom stereocenters. The molecule has 3 rings (SSSR count). The molecule has 1 heterocycles. The maximum Gasteiger partial charge on any atom is 0.272 e. The van der Waals surface area contributed by atoms with Crippen LogP contribution >= 0.6 is 11.6 Å². The molecular weight excluding hydrogens is 338 g/mol. The van der Waals surface area contributed by atoms with Crippen molar-refractivity contribution in [2.24, 2.45) is 0 Å². The topological polar surface area (TPSA) is 64.0 Å². The van der Waals surface area contributed by atoms with Crippen LogP contribution in [0.5, 0.6) is 0 Å². The second-order valence-electron chi connectivity index (χ2n) is 5.80. The molecular formula is C19H18ClN3O2. The van der Waals surface area contributed by atoms with Gasteiger partial charge in [-0.05, 0) is 36.8 Å². The fourth-order valence-electron chi connectivity index (χ4n) is 2.69. The summed E-state index contributed by atoms with van der Waals surface area (Å²) in [5.41, 5.74) is 2.68. The molecule has 0 bridgehead atoms. The van der Waals surface area contributed by atoms with E-state index in [1.165, 1.54) is 0 Å². The number of nitrogens with one attached hydrogen (secondary N) is 1. The third-order valence-electron chi connectivity index (χ3n) is 3.96. The van der Waals surface area contributed by atoms with Gasteiger partial charge in [0.15, 0.2) is 0 Å². The second kappa shape index (κ2) is 7.49. The predicted octanol–water partition coefficient (Wildman–Crippen LogP) is 3.06. The second-order valence-corrected chi connectivity index (χ2v) is 6.24. The van der Waals surface area contributed by atoms with Crippen LogP contribution in [0.15, 0.2) is 53.3 Å². The van der Waals surface area contributed by atoms with Crippen molar-refractivity contribution in [3.63, 3.8) is 0 Å². The van der Waals surface area contributed by atoms with Gasteiger partial charge in [0.25, 0.3) is 5.56 Å². The zero-order valence-corrected chi connectivity index (χ0v) is 14.6. The summed E-state index contributed by atoms with van der Waals surface area (Å²) in [6.07, 6.45) is 0.216. The first-order chi connectivity index (χ1) is 12.0. The number of carbonyl (C=O) groups is 1. The van der Waals surface area contributed by atoms with Crippen LogP contribution in [-0.4, -0.2) is 15.5 Å². The number of rotatable bonds is 5. The highest BCUT2D eigenvalue weighted by Gasteiger charge is 2.09. The minimum Gasteiger partial charge on any atom is -0.352 e. The molecule has 0 spiro atoms. The molecule has 1 N–H and O–H groups in total. The molecule has 25 heavy (non-hydrogen) atoms. The molecule has 0 unspecified atom stereocenters. The zero-order valence-electron chi connectivity index (χ0n) is 13.8. The summed E-state index contributed by atoms with van der Waals surface area (Å²) < 4.78 is 1.61. The monoisotopic (exact) mass is 355 g/mol. The Morgan fingerprint density at radius 2 is 2.00 bits per heavy atom. The van der Waals surface area contributed by atoms with Crippen LogP contribution in [0, 0.1) is 6.92 Å². The number of hydrogen-bond donors (Lipinski definition) is 1. The average molecular weight is 356 g/mol. The summed E-state index contributed by atoms with van der Waals surface area (Å²) in [4.78, 5) is 28.8. The number of halogens is 1. The summed E-state index contributed by atoms with van der Waals surface area (Å²) in [5, 5.41) is 3.49. The molecule has 1 aromatic heterocycles. The fraction of sp³-hybridized carbons (Fsp3) is 0.211. The lowest BCUT2D eigenvalue weighted by molar-refractivity contribution is -0.121. The van der Waals surface area contributed by atoms with Crippen LogP contribution in [0.4, 0.5) is 0 Å². The van der Waals surface area contributed by atoms with E-state index in [1.807, 2.05) is 42.5 Å². The molecule has 0 aliphatic rings. The number of carbonyl (C=O) groups excluding carboxylic acids is 1. The minimum atomic E-state index is -0.165. The highest BCUT2D eigenvalue weighted by Crippen LogP contribution is 2.11. The van der Waals surface area contributed by atoms with E-state index in [2.05, 4.69) is 10.3 Å². The number of nitrogens with zero attached hydrogens (tertiary/aromatic N) is 2. The van der Waals surface area contributed by atoms with Crippen molar-refractivity contribution in [3.05, 3.63) is 75.2 Å². The fourth-order valence-corrected chi connectivity index (χ4v) is 2.90. The Morgan fingerprint density at radius 3 is 2.80 bits per heavy atom. The largest absolute Gasteiger partial charge is 0.352 e. The molecule has 2 aromatic carbocycles. The van der Waals surface area contributed by atoms with Crippen molar-refractivity contribution in [3.8, 4) is 0 Å².